The van der Waals surface area contributed by atoms with Crippen molar-refractivity contribution in [3.63, 3.8) is 0 Å². The predicted molar refractivity (Wildman–Crippen MR) is 141 cm³/mol. The van der Waals surface area contributed by atoms with Crippen LogP contribution in [0.1, 0.15) is 17.5 Å². The van der Waals surface area contributed by atoms with Crippen LogP contribution in [0.5, 0.6) is 23.0 Å². The highest BCUT2D eigenvalue weighted by Crippen LogP contribution is 2.39. The van der Waals surface area contributed by atoms with E-state index in [9.17, 15) is 9.90 Å². The van der Waals surface area contributed by atoms with E-state index >= 15 is 0 Å². The van der Waals surface area contributed by atoms with Gasteiger partial charge in [-0.2, -0.15) is 0 Å². The van der Waals surface area contributed by atoms with Crippen molar-refractivity contribution in [3.8, 4) is 35.3 Å². The molecule has 0 saturated carbocycles. The Labute approximate surface area is 225 Å². The third kappa shape index (κ3) is 9.73. The van der Waals surface area contributed by atoms with Gasteiger partial charge in [0.1, 0.15) is 30.8 Å². The predicted octanol–water partition coefficient (Wildman–Crippen LogP) is 1.33. The topological polar surface area (TPSA) is 173 Å². The molecular weight excluding hydrogens is 512 g/mol. The number of fused-ring (bicyclic) bond motifs is 1. The number of aliphatic hydroxyl groups is 1. The summed E-state index contributed by atoms with van der Waals surface area (Å²) in [6.45, 7) is 1.30. The molecule has 5 N–H and O–H groups in total. The van der Waals surface area contributed by atoms with Crippen LogP contribution in [-0.4, -0.2) is 79.8 Å². The van der Waals surface area contributed by atoms with Gasteiger partial charge in [0, 0.05) is 18.5 Å². The van der Waals surface area contributed by atoms with Crippen molar-refractivity contribution >= 4 is 23.5 Å². The summed E-state index contributed by atoms with van der Waals surface area (Å²) in [5, 5.41) is 31.2. The Kier molecular flexibility index (Phi) is 12.4. The second-order valence-electron chi connectivity index (χ2n) is 8.17. The lowest BCUT2D eigenvalue weighted by atomic mass is 10.0. The highest BCUT2D eigenvalue weighted by molar-refractivity contribution is 6.27. The van der Waals surface area contributed by atoms with Crippen LogP contribution in [0.15, 0.2) is 30.3 Å². The lowest BCUT2D eigenvalue weighted by Crippen LogP contribution is -2.32. The van der Waals surface area contributed by atoms with Gasteiger partial charge in [-0.3, -0.25) is 4.79 Å². The number of carboxylic acids is 2. The number of carboxylic acid groups (broad SMARTS) is 2. The van der Waals surface area contributed by atoms with Gasteiger partial charge >= 0.3 is 11.9 Å². The van der Waals surface area contributed by atoms with Gasteiger partial charge in [-0.05, 0) is 49.2 Å². The molecule has 3 rings (SSSR count). The fraction of sp³-hybridized carbons (Fsp3) is 0.370. The number of hydrogen-bond donors (Lipinski definition) is 5. The van der Waals surface area contributed by atoms with E-state index in [1.165, 1.54) is 0 Å². The van der Waals surface area contributed by atoms with Crippen molar-refractivity contribution in [1.82, 2.24) is 5.32 Å². The Morgan fingerprint density at radius 2 is 1.69 bits per heavy atom. The number of methoxy groups -OCH3 is 2. The number of aliphatic hydroxyl groups excluding tert-OH is 1. The number of anilines is 1. The van der Waals surface area contributed by atoms with Crippen LogP contribution < -0.4 is 29.6 Å². The van der Waals surface area contributed by atoms with E-state index in [1.54, 1.807) is 26.4 Å². The summed E-state index contributed by atoms with van der Waals surface area (Å²) in [4.78, 5) is 30.0. The Morgan fingerprint density at radius 3 is 2.33 bits per heavy atom. The summed E-state index contributed by atoms with van der Waals surface area (Å²) in [5.74, 6) is 1.20. The fourth-order valence-electron chi connectivity index (χ4n) is 3.59. The Balaban J connectivity index is 0.000000798. The van der Waals surface area contributed by atoms with Crippen LogP contribution in [0.2, 0.25) is 0 Å². The van der Waals surface area contributed by atoms with Gasteiger partial charge in [0.15, 0.2) is 11.5 Å². The van der Waals surface area contributed by atoms with E-state index in [4.69, 9.17) is 45.2 Å². The minimum Gasteiger partial charge on any atom is -0.493 e. The first-order chi connectivity index (χ1) is 18.7. The van der Waals surface area contributed by atoms with E-state index in [2.05, 4.69) is 16.6 Å². The van der Waals surface area contributed by atoms with Crippen LogP contribution >= 0.6 is 0 Å². The molecule has 39 heavy (non-hydrogen) atoms. The first kappa shape index (κ1) is 30.8. The molecular formula is C27H32N2O10. The molecule has 0 saturated heterocycles. The molecule has 1 atom stereocenters. The van der Waals surface area contributed by atoms with E-state index in [0.717, 1.165) is 17.5 Å². The molecule has 210 valence electrons. The summed E-state index contributed by atoms with van der Waals surface area (Å²) < 4.78 is 22.0. The average molecular weight is 545 g/mol. The third-order valence-corrected chi connectivity index (χ3v) is 5.44. The molecule has 12 heteroatoms. The van der Waals surface area contributed by atoms with E-state index in [0.29, 0.717) is 54.6 Å². The number of amides is 1. The first-order valence-corrected chi connectivity index (χ1v) is 11.9. The standard InChI is InChI=1S/C25H30N2O6.C2H2O4/c1-4-13-32-22-9-8-20(19-6-10-24(29)27-25(19)22)33-16-18(28)15-26-12-11-17-5-7-21(30-2)23(14-17)31-3;3-1(4)2(5)6/h1,5,7-9,14,18,26,28H,6,10-13,15-16H2,2-3H3,(H,27,29);(H,3,4)(H,5,6). The van der Waals surface area contributed by atoms with Crippen LogP contribution in [0.25, 0.3) is 0 Å². The molecule has 2 aromatic rings. The van der Waals surface area contributed by atoms with Gasteiger partial charge < -0.3 is 44.9 Å². The fourth-order valence-corrected chi connectivity index (χ4v) is 3.59. The summed E-state index contributed by atoms with van der Waals surface area (Å²) in [7, 11) is 3.22. The molecule has 1 amide bonds. The molecule has 0 radical (unpaired) electrons. The number of carbonyl (C=O) groups is 3. The van der Waals surface area contributed by atoms with Crippen molar-refractivity contribution in [2.45, 2.75) is 25.4 Å². The molecule has 0 bridgehead atoms. The second-order valence-corrected chi connectivity index (χ2v) is 8.17. The number of benzene rings is 2. The maximum absolute atomic E-state index is 11.8. The Bertz CT molecular complexity index is 1180. The average Bonchev–Trinajstić information content (AvgIpc) is 2.93. The Morgan fingerprint density at radius 1 is 1.03 bits per heavy atom. The minimum absolute atomic E-state index is 0.0797. The number of nitrogens with one attached hydrogen (secondary N) is 2. The Hall–Kier alpha value is -4.47. The maximum Gasteiger partial charge on any atom is 0.414 e. The van der Waals surface area contributed by atoms with Crippen LogP contribution in [0.3, 0.4) is 0 Å². The number of terminal acetylenes is 1. The van der Waals surface area contributed by atoms with E-state index in [-0.39, 0.29) is 19.1 Å². The molecule has 1 aliphatic heterocycles. The molecule has 0 aromatic heterocycles. The highest BCUT2D eigenvalue weighted by atomic mass is 16.5. The first-order valence-electron chi connectivity index (χ1n) is 11.9. The summed E-state index contributed by atoms with van der Waals surface area (Å²) >= 11 is 0. The quantitative estimate of drug-likeness (QED) is 0.148. The molecule has 1 heterocycles. The lowest BCUT2D eigenvalue weighted by Gasteiger charge is -2.23. The number of carbonyl (C=O) groups excluding carboxylic acids is 1. The van der Waals surface area contributed by atoms with Crippen molar-refractivity contribution in [2.24, 2.45) is 0 Å². The monoisotopic (exact) mass is 544 g/mol. The zero-order chi connectivity index (χ0) is 28.8. The van der Waals surface area contributed by atoms with Crippen LogP contribution in [0.4, 0.5) is 5.69 Å². The summed E-state index contributed by atoms with van der Waals surface area (Å²) in [5.41, 5.74) is 2.53. The van der Waals surface area contributed by atoms with Crippen molar-refractivity contribution in [1.29, 1.82) is 0 Å². The summed E-state index contributed by atoms with van der Waals surface area (Å²) in [6, 6.07) is 9.30. The second kappa shape index (κ2) is 15.7. The number of rotatable bonds is 12. The van der Waals surface area contributed by atoms with Gasteiger partial charge in [0.2, 0.25) is 5.91 Å². The summed E-state index contributed by atoms with van der Waals surface area (Å²) in [6.07, 6.45) is 6.25. The molecule has 12 nitrogen and oxygen atoms in total. The van der Waals surface area contributed by atoms with E-state index < -0.39 is 18.0 Å². The van der Waals surface area contributed by atoms with Crippen LogP contribution in [-0.2, 0) is 27.2 Å². The zero-order valence-electron chi connectivity index (χ0n) is 21.7. The van der Waals surface area contributed by atoms with Crippen molar-refractivity contribution < 1.29 is 48.7 Å². The normalized spacial score (nSPS) is 12.4. The molecule has 0 spiro atoms. The van der Waals surface area contributed by atoms with Crippen molar-refractivity contribution in [3.05, 3.63) is 41.5 Å². The zero-order valence-corrected chi connectivity index (χ0v) is 21.7. The lowest BCUT2D eigenvalue weighted by molar-refractivity contribution is -0.159. The molecule has 1 unspecified atom stereocenters. The smallest absolute Gasteiger partial charge is 0.414 e. The van der Waals surface area contributed by atoms with Gasteiger partial charge in [-0.25, -0.2) is 9.59 Å². The van der Waals surface area contributed by atoms with Crippen LogP contribution in [0, 0.1) is 12.3 Å². The third-order valence-electron chi connectivity index (χ3n) is 5.44. The number of aliphatic carboxylic acids is 2. The van der Waals surface area contributed by atoms with E-state index in [1.807, 2.05) is 18.2 Å². The van der Waals surface area contributed by atoms with Gasteiger partial charge in [0.25, 0.3) is 0 Å². The number of hydrogen-bond acceptors (Lipinski definition) is 9. The van der Waals surface area contributed by atoms with Gasteiger partial charge in [-0.15, -0.1) is 6.42 Å². The molecule has 0 fully saturated rings. The minimum atomic E-state index is -1.82. The molecule has 2 aromatic carbocycles. The number of ether oxygens (including phenoxy) is 4. The SMILES string of the molecule is C#CCOc1ccc(OCC(O)CNCCc2ccc(OC)c(OC)c2)c2c1NC(=O)CC2.O=C(O)C(=O)O. The molecule has 1 aliphatic rings. The largest absolute Gasteiger partial charge is 0.493 e. The highest BCUT2D eigenvalue weighted by Gasteiger charge is 2.23. The van der Waals surface area contributed by atoms with Crippen molar-refractivity contribution in [2.75, 3.05) is 45.8 Å². The van der Waals surface area contributed by atoms with Gasteiger partial charge in [-0.1, -0.05) is 12.0 Å². The maximum atomic E-state index is 11.8. The van der Waals surface area contributed by atoms with Gasteiger partial charge in [0.05, 0.1) is 19.9 Å². The molecule has 0 aliphatic carbocycles.